The third kappa shape index (κ3) is 3.77. The maximum atomic E-state index is 12.5. The van der Waals surface area contributed by atoms with Gasteiger partial charge in [-0.3, -0.25) is 14.4 Å². The number of carbonyl (C=O) groups is 2. The molecule has 0 bridgehead atoms. The highest BCUT2D eigenvalue weighted by Gasteiger charge is 2.42. The molecule has 0 saturated carbocycles. The number of aryl methyl sites for hydroxylation is 1. The number of amides is 2. The summed E-state index contributed by atoms with van der Waals surface area (Å²) < 4.78 is 0. The van der Waals surface area contributed by atoms with Crippen LogP contribution in [0.2, 0.25) is 0 Å². The van der Waals surface area contributed by atoms with Crippen molar-refractivity contribution in [3.05, 3.63) is 69.5 Å². The van der Waals surface area contributed by atoms with Gasteiger partial charge >= 0.3 is 0 Å². The number of aromatic nitrogens is 3. The Morgan fingerprint density at radius 3 is 2.76 bits per heavy atom. The van der Waals surface area contributed by atoms with Crippen molar-refractivity contribution in [1.82, 2.24) is 15.0 Å². The predicted molar refractivity (Wildman–Crippen MR) is 133 cm³/mol. The smallest absolute Gasteiger partial charge is 0.270 e. The number of fused-ring (bicyclic) bond motifs is 2. The van der Waals surface area contributed by atoms with Crippen molar-refractivity contribution in [2.75, 3.05) is 17.3 Å². The van der Waals surface area contributed by atoms with Crippen molar-refractivity contribution < 1.29 is 9.59 Å². The zero-order chi connectivity index (χ0) is 24.0. The Kier molecular flexibility index (Phi) is 5.28. The van der Waals surface area contributed by atoms with Crippen LogP contribution in [0.1, 0.15) is 31.5 Å². The topological polar surface area (TPSA) is 108 Å². The number of hydrogen-bond donors (Lipinski definition) is 2. The summed E-state index contributed by atoms with van der Waals surface area (Å²) in [4.78, 5) is 50.7. The minimum atomic E-state index is -0.595. The SMILES string of the molecule is CN1C(=O)C(C)(C)c2cc(-c3csc(NC(=O)CCc4nc5ccccc5[nH]c4=O)n3)ccc21. The molecular formula is C25H23N5O3S. The molecule has 8 nitrogen and oxygen atoms in total. The van der Waals surface area contributed by atoms with Crippen LogP contribution in [0.3, 0.4) is 0 Å². The highest BCUT2D eigenvalue weighted by Crippen LogP contribution is 2.42. The van der Waals surface area contributed by atoms with Crippen LogP contribution in [-0.4, -0.2) is 33.8 Å². The van der Waals surface area contributed by atoms with Crippen molar-refractivity contribution in [2.45, 2.75) is 32.1 Å². The number of likely N-dealkylation sites (N-methyl/N-ethyl adjacent to an activating group) is 1. The van der Waals surface area contributed by atoms with Gasteiger partial charge in [0.2, 0.25) is 11.8 Å². The van der Waals surface area contributed by atoms with E-state index < -0.39 is 5.41 Å². The van der Waals surface area contributed by atoms with E-state index in [4.69, 9.17) is 0 Å². The minimum Gasteiger partial charge on any atom is -0.319 e. The molecule has 3 heterocycles. The Morgan fingerprint density at radius 1 is 1.15 bits per heavy atom. The standard InChI is InChI=1S/C25H23N5O3S/c1-25(2)15-12-14(8-10-20(15)30(3)23(25)33)19-13-34-24(28-19)29-21(31)11-9-18-22(32)27-17-7-5-4-6-16(17)26-18/h4-8,10,12-13H,9,11H2,1-3H3,(H,27,32)(H,28,29,31). The summed E-state index contributed by atoms with van der Waals surface area (Å²) in [6.45, 7) is 3.84. The van der Waals surface area contributed by atoms with Gasteiger partial charge in [0.25, 0.3) is 5.56 Å². The number of nitrogens with zero attached hydrogens (tertiary/aromatic N) is 3. The number of hydrogen-bond acceptors (Lipinski definition) is 6. The quantitative estimate of drug-likeness (QED) is 0.457. The number of carbonyl (C=O) groups excluding carboxylic acids is 2. The molecule has 0 aliphatic carbocycles. The fourth-order valence-corrected chi connectivity index (χ4v) is 4.98. The lowest BCUT2D eigenvalue weighted by Crippen LogP contribution is -2.33. The molecule has 172 valence electrons. The molecule has 5 rings (SSSR count). The average Bonchev–Trinajstić information content (AvgIpc) is 3.35. The van der Waals surface area contributed by atoms with E-state index in [9.17, 15) is 14.4 Å². The van der Waals surface area contributed by atoms with Crippen LogP contribution in [0, 0.1) is 0 Å². The molecule has 9 heteroatoms. The van der Waals surface area contributed by atoms with Crippen LogP contribution in [-0.2, 0) is 21.4 Å². The van der Waals surface area contributed by atoms with Gasteiger partial charge in [-0.05, 0) is 43.7 Å². The van der Waals surface area contributed by atoms with E-state index >= 15 is 0 Å². The van der Waals surface area contributed by atoms with Crippen LogP contribution >= 0.6 is 11.3 Å². The van der Waals surface area contributed by atoms with Gasteiger partial charge in [-0.25, -0.2) is 9.97 Å². The zero-order valence-electron chi connectivity index (χ0n) is 19.0. The van der Waals surface area contributed by atoms with Crippen LogP contribution in [0.5, 0.6) is 0 Å². The molecule has 0 spiro atoms. The van der Waals surface area contributed by atoms with Gasteiger partial charge in [0.1, 0.15) is 5.69 Å². The van der Waals surface area contributed by atoms with Gasteiger partial charge in [0, 0.05) is 36.5 Å². The van der Waals surface area contributed by atoms with Gasteiger partial charge in [-0.1, -0.05) is 18.2 Å². The monoisotopic (exact) mass is 473 g/mol. The van der Waals surface area contributed by atoms with E-state index in [1.807, 2.05) is 55.6 Å². The third-order valence-corrected chi connectivity index (χ3v) is 6.93. The van der Waals surface area contributed by atoms with Crippen LogP contribution in [0.4, 0.5) is 10.8 Å². The molecule has 34 heavy (non-hydrogen) atoms. The maximum Gasteiger partial charge on any atom is 0.270 e. The number of para-hydroxylation sites is 2. The lowest BCUT2D eigenvalue weighted by atomic mass is 9.85. The first-order valence-electron chi connectivity index (χ1n) is 10.9. The second-order valence-electron chi connectivity index (χ2n) is 8.84. The maximum absolute atomic E-state index is 12.5. The molecule has 1 aliphatic heterocycles. The summed E-state index contributed by atoms with van der Waals surface area (Å²) in [5.41, 5.74) is 4.29. The molecule has 2 amide bonds. The highest BCUT2D eigenvalue weighted by molar-refractivity contribution is 7.14. The fourth-order valence-electron chi connectivity index (χ4n) is 4.25. The number of benzene rings is 2. The van der Waals surface area contributed by atoms with E-state index in [2.05, 4.69) is 20.3 Å². The van der Waals surface area contributed by atoms with E-state index in [-0.39, 0.29) is 30.2 Å². The molecular weight excluding hydrogens is 450 g/mol. The van der Waals surface area contributed by atoms with Crippen LogP contribution in [0.25, 0.3) is 22.3 Å². The lowest BCUT2D eigenvalue weighted by molar-refractivity contribution is -0.121. The summed E-state index contributed by atoms with van der Waals surface area (Å²) >= 11 is 1.33. The molecule has 0 radical (unpaired) electrons. The van der Waals surface area contributed by atoms with E-state index in [0.717, 1.165) is 22.5 Å². The number of anilines is 2. The molecule has 2 N–H and O–H groups in total. The zero-order valence-corrected chi connectivity index (χ0v) is 19.8. The molecule has 0 unspecified atom stereocenters. The summed E-state index contributed by atoms with van der Waals surface area (Å²) in [6, 6.07) is 13.2. The number of nitrogens with one attached hydrogen (secondary N) is 2. The van der Waals surface area contributed by atoms with Gasteiger partial charge in [-0.15, -0.1) is 11.3 Å². The van der Waals surface area contributed by atoms with Crippen molar-refractivity contribution >= 4 is 45.0 Å². The minimum absolute atomic E-state index is 0.0608. The molecule has 2 aromatic heterocycles. The van der Waals surface area contributed by atoms with Crippen molar-refractivity contribution in [1.29, 1.82) is 0 Å². The molecule has 1 aliphatic rings. The lowest BCUT2D eigenvalue weighted by Gasteiger charge is -2.16. The van der Waals surface area contributed by atoms with Crippen molar-refractivity contribution in [2.24, 2.45) is 0 Å². The first-order chi connectivity index (χ1) is 16.2. The third-order valence-electron chi connectivity index (χ3n) is 6.18. The van der Waals surface area contributed by atoms with E-state index in [0.29, 0.717) is 21.9 Å². The molecule has 2 aromatic carbocycles. The molecule has 0 saturated heterocycles. The summed E-state index contributed by atoms with van der Waals surface area (Å²) in [5.74, 6) is -0.178. The highest BCUT2D eigenvalue weighted by atomic mass is 32.1. The Bertz CT molecular complexity index is 1500. The number of rotatable bonds is 5. The van der Waals surface area contributed by atoms with E-state index in [1.165, 1.54) is 11.3 Å². The number of H-pyrrole nitrogens is 1. The second-order valence-corrected chi connectivity index (χ2v) is 9.70. The fraction of sp³-hybridized carbons (Fsp3) is 0.240. The van der Waals surface area contributed by atoms with E-state index in [1.54, 1.807) is 18.0 Å². The largest absolute Gasteiger partial charge is 0.319 e. The normalized spacial score (nSPS) is 14.4. The van der Waals surface area contributed by atoms with Crippen LogP contribution < -0.4 is 15.8 Å². The molecule has 0 fully saturated rings. The Hall–Kier alpha value is -3.85. The molecule has 4 aromatic rings. The second kappa shape index (κ2) is 8.18. The first-order valence-corrected chi connectivity index (χ1v) is 11.8. The number of thiazole rings is 1. The Labute approximate surface area is 199 Å². The van der Waals surface area contributed by atoms with Gasteiger partial charge in [0.15, 0.2) is 5.13 Å². The predicted octanol–water partition coefficient (Wildman–Crippen LogP) is 3.87. The average molecular weight is 474 g/mol. The van der Waals surface area contributed by atoms with Gasteiger partial charge in [-0.2, -0.15) is 0 Å². The first kappa shape index (κ1) is 22.0. The Morgan fingerprint density at radius 2 is 1.94 bits per heavy atom. The summed E-state index contributed by atoms with van der Waals surface area (Å²) in [7, 11) is 1.79. The summed E-state index contributed by atoms with van der Waals surface area (Å²) in [5, 5.41) is 5.16. The number of aromatic amines is 1. The van der Waals surface area contributed by atoms with Crippen molar-refractivity contribution in [3.63, 3.8) is 0 Å². The Balaban J connectivity index is 1.28. The van der Waals surface area contributed by atoms with Crippen molar-refractivity contribution in [3.8, 4) is 11.3 Å². The van der Waals surface area contributed by atoms with Crippen LogP contribution in [0.15, 0.2) is 52.6 Å². The summed E-state index contributed by atoms with van der Waals surface area (Å²) in [6.07, 6.45) is 0.344. The van der Waals surface area contributed by atoms with Gasteiger partial charge < -0.3 is 15.2 Å². The van der Waals surface area contributed by atoms with Gasteiger partial charge in [0.05, 0.1) is 22.1 Å². The molecule has 0 atom stereocenters.